The molecule has 3 rings (SSSR count). The van der Waals surface area contributed by atoms with Gasteiger partial charge in [0, 0.05) is 23.0 Å². The Kier molecular flexibility index (Phi) is 6.44. The van der Waals surface area contributed by atoms with Gasteiger partial charge in [0.2, 0.25) is 0 Å². The third-order valence-corrected chi connectivity index (χ3v) is 5.96. The molecule has 0 unspecified atom stereocenters. The van der Waals surface area contributed by atoms with Crippen molar-refractivity contribution in [2.75, 3.05) is 5.32 Å². The topological polar surface area (TPSA) is 67.8 Å². The van der Waals surface area contributed by atoms with E-state index in [4.69, 9.17) is 46.4 Å². The molecular formula is C17H10Cl4N4OS. The van der Waals surface area contributed by atoms with E-state index in [1.54, 1.807) is 24.5 Å². The van der Waals surface area contributed by atoms with E-state index >= 15 is 0 Å². The minimum absolute atomic E-state index is 0.000530. The van der Waals surface area contributed by atoms with Crippen LogP contribution in [0.25, 0.3) is 0 Å². The highest BCUT2D eigenvalue weighted by Gasteiger charge is 2.20. The Hall–Kier alpha value is -1.57. The number of hydrogen-bond acceptors (Lipinski definition) is 5. The summed E-state index contributed by atoms with van der Waals surface area (Å²) in [7, 11) is 0. The summed E-state index contributed by atoms with van der Waals surface area (Å²) < 4.78 is 0. The van der Waals surface area contributed by atoms with Crippen LogP contribution < -0.4 is 5.32 Å². The molecule has 0 atom stereocenters. The fourth-order valence-electron chi connectivity index (χ4n) is 2.10. The number of nitrogens with one attached hydrogen (secondary N) is 1. The smallest absolute Gasteiger partial charge is 0.275 e. The van der Waals surface area contributed by atoms with E-state index in [0.717, 1.165) is 10.5 Å². The lowest BCUT2D eigenvalue weighted by atomic mass is 10.2. The van der Waals surface area contributed by atoms with Crippen LogP contribution in [-0.2, 0) is 0 Å². The number of carbonyl (C=O) groups is 1. The van der Waals surface area contributed by atoms with Gasteiger partial charge in [-0.3, -0.25) is 4.79 Å². The van der Waals surface area contributed by atoms with Crippen LogP contribution in [0.4, 0.5) is 5.69 Å². The maximum atomic E-state index is 12.5. The molecule has 0 bridgehead atoms. The van der Waals surface area contributed by atoms with E-state index in [1.807, 2.05) is 19.1 Å². The maximum Gasteiger partial charge on any atom is 0.275 e. The van der Waals surface area contributed by atoms with Gasteiger partial charge in [-0.15, -0.1) is 0 Å². The fraction of sp³-hybridized carbons (Fsp3) is 0.0588. The molecule has 10 heteroatoms. The maximum absolute atomic E-state index is 12.5. The SMILES string of the molecule is Cc1cc(Sc2ncccn2)ccc1NC(=O)c1nc(Cl)c(Cl)c(Cl)c1Cl. The number of hydrogen-bond donors (Lipinski definition) is 1. The Morgan fingerprint density at radius 1 is 1.04 bits per heavy atom. The van der Waals surface area contributed by atoms with Crippen molar-refractivity contribution in [3.05, 3.63) is 68.1 Å². The molecule has 2 aromatic heterocycles. The van der Waals surface area contributed by atoms with Crippen molar-refractivity contribution in [3.8, 4) is 0 Å². The van der Waals surface area contributed by atoms with Crippen molar-refractivity contribution in [2.24, 2.45) is 0 Å². The zero-order chi connectivity index (χ0) is 19.6. The van der Waals surface area contributed by atoms with E-state index in [2.05, 4.69) is 20.3 Å². The van der Waals surface area contributed by atoms with Crippen LogP contribution in [0.15, 0.2) is 46.7 Å². The van der Waals surface area contributed by atoms with Crippen molar-refractivity contribution >= 4 is 69.8 Å². The highest BCUT2D eigenvalue weighted by atomic mass is 35.5. The first-order valence-electron chi connectivity index (χ1n) is 7.43. The molecule has 0 saturated carbocycles. The number of nitrogens with zero attached hydrogens (tertiary/aromatic N) is 3. The first-order valence-corrected chi connectivity index (χ1v) is 9.76. The van der Waals surface area contributed by atoms with Crippen LogP contribution in [0.5, 0.6) is 0 Å². The minimum Gasteiger partial charge on any atom is -0.320 e. The molecule has 27 heavy (non-hydrogen) atoms. The summed E-state index contributed by atoms with van der Waals surface area (Å²) in [5, 5.41) is 3.21. The lowest BCUT2D eigenvalue weighted by Crippen LogP contribution is -2.15. The molecule has 0 saturated heterocycles. The summed E-state index contributed by atoms with van der Waals surface area (Å²) in [6, 6.07) is 7.28. The van der Waals surface area contributed by atoms with Gasteiger partial charge in [0.15, 0.2) is 5.16 Å². The van der Waals surface area contributed by atoms with Gasteiger partial charge < -0.3 is 5.32 Å². The van der Waals surface area contributed by atoms with E-state index in [1.165, 1.54) is 11.8 Å². The normalized spacial score (nSPS) is 10.7. The van der Waals surface area contributed by atoms with Crippen LogP contribution in [0, 0.1) is 6.92 Å². The van der Waals surface area contributed by atoms with Gasteiger partial charge in [-0.2, -0.15) is 0 Å². The van der Waals surface area contributed by atoms with Crippen molar-refractivity contribution in [3.63, 3.8) is 0 Å². The molecule has 0 fully saturated rings. The van der Waals surface area contributed by atoms with Crippen LogP contribution in [-0.4, -0.2) is 20.9 Å². The molecule has 0 aliphatic rings. The van der Waals surface area contributed by atoms with Gasteiger partial charge in [-0.05, 0) is 48.5 Å². The summed E-state index contributed by atoms with van der Waals surface area (Å²) in [6.45, 7) is 1.86. The average Bonchev–Trinajstić information content (AvgIpc) is 2.66. The molecule has 5 nitrogen and oxygen atoms in total. The van der Waals surface area contributed by atoms with E-state index < -0.39 is 5.91 Å². The monoisotopic (exact) mass is 458 g/mol. The second-order valence-corrected chi connectivity index (χ2v) is 7.79. The Morgan fingerprint density at radius 3 is 2.41 bits per heavy atom. The second kappa shape index (κ2) is 8.63. The second-order valence-electron chi connectivity index (χ2n) is 5.26. The van der Waals surface area contributed by atoms with Gasteiger partial charge in [0.1, 0.15) is 10.8 Å². The fourth-order valence-corrected chi connectivity index (χ4v) is 3.73. The average molecular weight is 460 g/mol. The van der Waals surface area contributed by atoms with Crippen molar-refractivity contribution < 1.29 is 4.79 Å². The van der Waals surface area contributed by atoms with Gasteiger partial charge in [-0.25, -0.2) is 15.0 Å². The van der Waals surface area contributed by atoms with Crippen LogP contribution in [0.2, 0.25) is 20.2 Å². The molecule has 0 spiro atoms. The third kappa shape index (κ3) is 4.65. The van der Waals surface area contributed by atoms with E-state index in [-0.39, 0.29) is 25.9 Å². The number of aromatic nitrogens is 3. The zero-order valence-corrected chi connectivity index (χ0v) is 17.5. The highest BCUT2D eigenvalue weighted by molar-refractivity contribution is 7.99. The lowest BCUT2D eigenvalue weighted by molar-refractivity contribution is 0.102. The van der Waals surface area contributed by atoms with Gasteiger partial charge >= 0.3 is 0 Å². The van der Waals surface area contributed by atoms with Crippen molar-refractivity contribution in [2.45, 2.75) is 17.0 Å². The number of benzene rings is 1. The Bertz CT molecular complexity index is 1020. The summed E-state index contributed by atoms with van der Waals surface area (Å²) >= 11 is 25.2. The number of pyridine rings is 1. The summed E-state index contributed by atoms with van der Waals surface area (Å²) in [6.07, 6.45) is 3.35. The van der Waals surface area contributed by atoms with E-state index in [9.17, 15) is 4.79 Å². The van der Waals surface area contributed by atoms with Crippen molar-refractivity contribution in [1.82, 2.24) is 15.0 Å². The van der Waals surface area contributed by atoms with Crippen LogP contribution >= 0.6 is 58.2 Å². The Labute approximate surface area is 179 Å². The molecule has 0 aliphatic heterocycles. The number of halogens is 4. The summed E-state index contributed by atoms with van der Waals surface area (Å²) in [5.74, 6) is -0.546. The summed E-state index contributed by atoms with van der Waals surface area (Å²) in [5.41, 5.74) is 1.33. The Morgan fingerprint density at radius 2 is 1.74 bits per heavy atom. The molecule has 0 aliphatic carbocycles. The molecular weight excluding hydrogens is 450 g/mol. The molecule has 1 amide bonds. The number of rotatable bonds is 4. The highest BCUT2D eigenvalue weighted by Crippen LogP contribution is 2.36. The summed E-state index contributed by atoms with van der Waals surface area (Å²) in [4.78, 5) is 25.7. The number of aryl methyl sites for hydroxylation is 1. The number of amides is 1. The van der Waals surface area contributed by atoms with Crippen molar-refractivity contribution in [1.29, 1.82) is 0 Å². The quantitative estimate of drug-likeness (QED) is 0.371. The minimum atomic E-state index is -0.546. The molecule has 0 radical (unpaired) electrons. The molecule has 1 N–H and O–H groups in total. The molecule has 1 aromatic carbocycles. The predicted molar refractivity (Wildman–Crippen MR) is 110 cm³/mol. The van der Waals surface area contributed by atoms with E-state index in [0.29, 0.717) is 10.8 Å². The standard InChI is InChI=1S/C17H10Cl4N4OS/c1-8-7-9(27-17-22-5-2-6-23-17)3-4-10(8)24-16(26)14-12(19)11(18)13(20)15(21)25-14/h2-7H,1H3,(H,24,26). The third-order valence-electron chi connectivity index (χ3n) is 3.40. The van der Waals surface area contributed by atoms with Crippen LogP contribution in [0.3, 0.4) is 0 Å². The van der Waals surface area contributed by atoms with Gasteiger partial charge in [0.25, 0.3) is 5.91 Å². The predicted octanol–water partition coefficient (Wildman–Crippen LogP) is 6.20. The number of carbonyl (C=O) groups excluding carboxylic acids is 1. The molecule has 2 heterocycles. The van der Waals surface area contributed by atoms with Gasteiger partial charge in [-0.1, -0.05) is 46.4 Å². The first-order chi connectivity index (χ1) is 12.9. The lowest BCUT2D eigenvalue weighted by Gasteiger charge is -2.11. The first kappa shape index (κ1) is 20.2. The number of anilines is 1. The Balaban J connectivity index is 1.81. The largest absolute Gasteiger partial charge is 0.320 e. The molecule has 138 valence electrons. The van der Waals surface area contributed by atoms with Crippen LogP contribution in [0.1, 0.15) is 16.1 Å². The van der Waals surface area contributed by atoms with Gasteiger partial charge in [0.05, 0.1) is 15.1 Å². The zero-order valence-electron chi connectivity index (χ0n) is 13.6. The molecule has 3 aromatic rings.